The van der Waals surface area contributed by atoms with Gasteiger partial charge in [-0.05, 0) is 47.7 Å². The number of aromatic carboxylic acids is 1. The first-order chi connectivity index (χ1) is 9.97. The number of rotatable bonds is 4. The fraction of sp³-hybridized carbons (Fsp3) is 0.0714. The number of benzene rings is 1. The van der Waals surface area contributed by atoms with Crippen LogP contribution in [-0.2, 0) is 11.2 Å². The average molecular weight is 382 g/mol. The zero-order chi connectivity index (χ0) is 15.4. The van der Waals surface area contributed by atoms with Crippen molar-refractivity contribution in [1.82, 2.24) is 4.98 Å². The SMILES string of the molecule is O=C(Cc1cc(Cl)ccc1Cl)Sc1ncccc1C(=O)O.[KH]. The molecular formula is C14H10Cl2KNO3S. The minimum absolute atomic E-state index is 0. The van der Waals surface area contributed by atoms with Gasteiger partial charge in [-0.15, -0.1) is 0 Å². The fourth-order valence-corrected chi connectivity index (χ4v) is 2.81. The number of hydrogen-bond acceptors (Lipinski definition) is 4. The van der Waals surface area contributed by atoms with Gasteiger partial charge in [0, 0.05) is 22.7 Å². The van der Waals surface area contributed by atoms with Gasteiger partial charge in [0.15, 0.2) is 5.12 Å². The minimum atomic E-state index is -1.13. The van der Waals surface area contributed by atoms with Crippen molar-refractivity contribution in [2.45, 2.75) is 11.4 Å². The van der Waals surface area contributed by atoms with Crippen molar-refractivity contribution in [3.63, 3.8) is 0 Å². The van der Waals surface area contributed by atoms with E-state index in [1.165, 1.54) is 18.3 Å². The third kappa shape index (κ3) is 5.61. The maximum absolute atomic E-state index is 12.0. The first-order valence-electron chi connectivity index (χ1n) is 5.80. The molecule has 0 saturated heterocycles. The first-order valence-corrected chi connectivity index (χ1v) is 7.37. The van der Waals surface area contributed by atoms with E-state index < -0.39 is 5.97 Å². The number of carbonyl (C=O) groups is 2. The van der Waals surface area contributed by atoms with Crippen molar-refractivity contribution in [1.29, 1.82) is 0 Å². The van der Waals surface area contributed by atoms with E-state index in [9.17, 15) is 9.59 Å². The third-order valence-electron chi connectivity index (χ3n) is 2.55. The number of aromatic nitrogens is 1. The number of carbonyl (C=O) groups excluding carboxylic acids is 1. The van der Waals surface area contributed by atoms with E-state index in [0.717, 1.165) is 11.8 Å². The van der Waals surface area contributed by atoms with Crippen LogP contribution in [0.4, 0.5) is 0 Å². The first kappa shape index (κ1) is 20.1. The molecule has 2 rings (SSSR count). The molecule has 0 unspecified atom stereocenters. The van der Waals surface area contributed by atoms with Gasteiger partial charge in [0.2, 0.25) is 0 Å². The topological polar surface area (TPSA) is 67.3 Å². The number of carboxylic acid groups (broad SMARTS) is 1. The van der Waals surface area contributed by atoms with Crippen LogP contribution in [0.25, 0.3) is 0 Å². The zero-order valence-corrected chi connectivity index (χ0v) is 12.9. The van der Waals surface area contributed by atoms with Crippen LogP contribution in [0.1, 0.15) is 15.9 Å². The Labute approximate surface area is 184 Å². The predicted octanol–water partition coefficient (Wildman–Crippen LogP) is 3.30. The normalized spacial score (nSPS) is 9.91. The summed E-state index contributed by atoms with van der Waals surface area (Å²) in [7, 11) is 0. The van der Waals surface area contributed by atoms with E-state index in [2.05, 4.69) is 4.98 Å². The Morgan fingerprint density at radius 3 is 2.64 bits per heavy atom. The number of carboxylic acids is 1. The van der Waals surface area contributed by atoms with Crippen LogP contribution in [0.5, 0.6) is 0 Å². The predicted molar refractivity (Wildman–Crippen MR) is 89.4 cm³/mol. The third-order valence-corrected chi connectivity index (χ3v) is 4.05. The van der Waals surface area contributed by atoms with Crippen LogP contribution in [0.3, 0.4) is 0 Å². The zero-order valence-electron chi connectivity index (χ0n) is 10.5. The number of halogens is 2. The van der Waals surface area contributed by atoms with E-state index in [-0.39, 0.29) is 73.5 Å². The summed E-state index contributed by atoms with van der Waals surface area (Å²) in [4.78, 5) is 27.0. The molecule has 0 aliphatic rings. The van der Waals surface area contributed by atoms with Gasteiger partial charge in [0.1, 0.15) is 5.03 Å². The van der Waals surface area contributed by atoms with Gasteiger partial charge in [-0.25, -0.2) is 9.78 Å². The monoisotopic (exact) mass is 381 g/mol. The van der Waals surface area contributed by atoms with E-state index in [0.29, 0.717) is 15.6 Å². The standard InChI is InChI=1S/C14H9Cl2NO3S.K.H/c15-9-3-4-11(16)8(6-9)7-12(18)21-13-10(14(19)20)2-1-5-17-13;;/h1-6H,7H2,(H,19,20);;. The summed E-state index contributed by atoms with van der Waals surface area (Å²) in [5, 5.41) is 9.86. The number of pyridine rings is 1. The Morgan fingerprint density at radius 1 is 1.23 bits per heavy atom. The Balaban J connectivity index is 0.00000242. The molecule has 0 amide bonds. The second-order valence-electron chi connectivity index (χ2n) is 4.05. The Morgan fingerprint density at radius 2 is 1.95 bits per heavy atom. The van der Waals surface area contributed by atoms with E-state index in [4.69, 9.17) is 28.3 Å². The summed E-state index contributed by atoms with van der Waals surface area (Å²) in [6.07, 6.45) is 1.48. The maximum atomic E-state index is 12.0. The van der Waals surface area contributed by atoms with Crippen LogP contribution >= 0.6 is 35.0 Å². The van der Waals surface area contributed by atoms with Gasteiger partial charge < -0.3 is 5.11 Å². The van der Waals surface area contributed by atoms with E-state index in [1.807, 2.05) is 0 Å². The molecule has 0 aliphatic carbocycles. The van der Waals surface area contributed by atoms with Crippen LogP contribution in [0.2, 0.25) is 10.0 Å². The summed E-state index contributed by atoms with van der Waals surface area (Å²) in [6, 6.07) is 7.76. The van der Waals surface area contributed by atoms with Gasteiger partial charge in [0.25, 0.3) is 0 Å². The van der Waals surface area contributed by atoms with Crippen molar-refractivity contribution >= 4 is 97.4 Å². The van der Waals surface area contributed by atoms with Crippen molar-refractivity contribution in [3.05, 3.63) is 57.7 Å². The number of hydrogen-bond donors (Lipinski definition) is 1. The van der Waals surface area contributed by atoms with Gasteiger partial charge in [-0.3, -0.25) is 4.79 Å². The second kappa shape index (κ2) is 9.39. The molecule has 0 fully saturated rings. The molecular weight excluding hydrogens is 372 g/mol. The summed E-state index contributed by atoms with van der Waals surface area (Å²) < 4.78 is 0. The molecule has 0 bridgehead atoms. The van der Waals surface area contributed by atoms with Crippen LogP contribution in [0, 0.1) is 0 Å². The molecule has 0 saturated carbocycles. The number of thioether (sulfide) groups is 1. The van der Waals surface area contributed by atoms with Crippen molar-refractivity contribution < 1.29 is 14.7 Å². The van der Waals surface area contributed by atoms with E-state index >= 15 is 0 Å². The molecule has 0 aliphatic heterocycles. The summed E-state index contributed by atoms with van der Waals surface area (Å²) in [6.45, 7) is 0. The van der Waals surface area contributed by atoms with Crippen molar-refractivity contribution in [2.24, 2.45) is 0 Å². The van der Waals surface area contributed by atoms with Gasteiger partial charge >= 0.3 is 57.4 Å². The summed E-state index contributed by atoms with van der Waals surface area (Å²) >= 11 is 12.6. The summed E-state index contributed by atoms with van der Waals surface area (Å²) in [5.41, 5.74) is 0.586. The van der Waals surface area contributed by atoms with Crippen LogP contribution in [-0.4, -0.2) is 72.6 Å². The van der Waals surface area contributed by atoms with Gasteiger partial charge in [-0.1, -0.05) is 23.2 Å². The Hall–Kier alpha value is 0.0764. The molecule has 4 nitrogen and oxygen atoms in total. The van der Waals surface area contributed by atoms with Gasteiger partial charge in [0.05, 0.1) is 5.56 Å². The fourth-order valence-electron chi connectivity index (χ4n) is 1.61. The van der Waals surface area contributed by atoms with Crippen molar-refractivity contribution in [2.75, 3.05) is 0 Å². The van der Waals surface area contributed by atoms with Crippen LogP contribution < -0.4 is 0 Å². The molecule has 1 heterocycles. The molecule has 0 atom stereocenters. The molecule has 2 aromatic rings. The van der Waals surface area contributed by atoms with Crippen molar-refractivity contribution in [3.8, 4) is 0 Å². The summed E-state index contributed by atoms with van der Waals surface area (Å²) in [5.74, 6) is -1.13. The Kier molecular flexibility index (Phi) is 8.59. The Bertz CT molecular complexity index is 712. The molecule has 110 valence electrons. The molecule has 1 aromatic carbocycles. The molecule has 1 N–H and O–H groups in total. The average Bonchev–Trinajstić information content (AvgIpc) is 2.43. The molecule has 8 heteroatoms. The molecule has 22 heavy (non-hydrogen) atoms. The van der Waals surface area contributed by atoms with Gasteiger partial charge in [-0.2, -0.15) is 0 Å². The number of nitrogens with zero attached hydrogens (tertiary/aromatic N) is 1. The second-order valence-corrected chi connectivity index (χ2v) is 5.94. The van der Waals surface area contributed by atoms with E-state index in [1.54, 1.807) is 18.2 Å². The molecule has 0 radical (unpaired) electrons. The molecule has 0 spiro atoms. The quantitative estimate of drug-likeness (QED) is 0.649. The molecule has 1 aromatic heterocycles. The van der Waals surface area contributed by atoms with Crippen LogP contribution in [0.15, 0.2) is 41.6 Å².